The van der Waals surface area contributed by atoms with Gasteiger partial charge in [-0.2, -0.15) is 0 Å². The van der Waals surface area contributed by atoms with Crippen molar-refractivity contribution >= 4 is 22.6 Å². The van der Waals surface area contributed by atoms with Crippen LogP contribution in [0.5, 0.6) is 0 Å². The van der Waals surface area contributed by atoms with Gasteiger partial charge in [0.1, 0.15) is 5.82 Å². The van der Waals surface area contributed by atoms with E-state index in [1.54, 1.807) is 0 Å². The van der Waals surface area contributed by atoms with Crippen LogP contribution in [0.2, 0.25) is 0 Å². The van der Waals surface area contributed by atoms with Crippen LogP contribution in [0.1, 0.15) is 24.2 Å². The molecule has 3 rings (SSSR count). The molecule has 1 heterocycles. The van der Waals surface area contributed by atoms with Crippen molar-refractivity contribution in [3.63, 3.8) is 0 Å². The molecule has 0 bridgehead atoms. The minimum atomic E-state index is 0.501. The Labute approximate surface area is 100 Å². The highest BCUT2D eigenvalue weighted by Gasteiger charge is 2.24. The SMILES string of the molecule is Cc1cccc2nc(CCl)n(CC3CC3)c12. The van der Waals surface area contributed by atoms with E-state index in [0.717, 1.165) is 23.8 Å². The van der Waals surface area contributed by atoms with Crippen LogP contribution in [0, 0.1) is 12.8 Å². The predicted octanol–water partition coefficient (Wildman–Crippen LogP) is 3.49. The Bertz CT molecular complexity index is 526. The molecule has 3 heteroatoms. The molecule has 84 valence electrons. The molecule has 0 radical (unpaired) electrons. The fraction of sp³-hybridized carbons (Fsp3) is 0.462. The lowest BCUT2D eigenvalue weighted by Gasteiger charge is -2.07. The highest BCUT2D eigenvalue weighted by atomic mass is 35.5. The van der Waals surface area contributed by atoms with Gasteiger partial charge in [0.25, 0.3) is 0 Å². The van der Waals surface area contributed by atoms with E-state index in [-0.39, 0.29) is 0 Å². The van der Waals surface area contributed by atoms with Gasteiger partial charge in [-0.05, 0) is 37.3 Å². The molecule has 1 aromatic carbocycles. The molecule has 2 nitrogen and oxygen atoms in total. The van der Waals surface area contributed by atoms with E-state index in [9.17, 15) is 0 Å². The largest absolute Gasteiger partial charge is 0.326 e. The number of hydrogen-bond acceptors (Lipinski definition) is 1. The number of aromatic nitrogens is 2. The van der Waals surface area contributed by atoms with E-state index >= 15 is 0 Å². The lowest BCUT2D eigenvalue weighted by Crippen LogP contribution is -2.04. The number of aryl methyl sites for hydroxylation is 1. The van der Waals surface area contributed by atoms with Gasteiger partial charge in [0.15, 0.2) is 0 Å². The van der Waals surface area contributed by atoms with E-state index in [1.165, 1.54) is 23.9 Å². The molecule has 1 aliphatic rings. The second-order valence-corrected chi connectivity index (χ2v) is 4.93. The van der Waals surface area contributed by atoms with Crippen molar-refractivity contribution in [2.45, 2.75) is 32.2 Å². The third kappa shape index (κ3) is 1.61. The molecule has 1 saturated carbocycles. The van der Waals surface area contributed by atoms with E-state index in [1.807, 2.05) is 0 Å². The van der Waals surface area contributed by atoms with Crippen molar-refractivity contribution < 1.29 is 0 Å². The number of imidazole rings is 1. The predicted molar refractivity (Wildman–Crippen MR) is 66.8 cm³/mol. The Morgan fingerprint density at radius 1 is 1.44 bits per heavy atom. The molecule has 0 spiro atoms. The maximum atomic E-state index is 5.98. The van der Waals surface area contributed by atoms with Crippen LogP contribution in [0.15, 0.2) is 18.2 Å². The van der Waals surface area contributed by atoms with Crippen molar-refractivity contribution in [1.29, 1.82) is 0 Å². The number of benzene rings is 1. The van der Waals surface area contributed by atoms with Gasteiger partial charge in [-0.3, -0.25) is 0 Å². The summed E-state index contributed by atoms with van der Waals surface area (Å²) in [5, 5.41) is 0. The first-order chi connectivity index (χ1) is 7.79. The van der Waals surface area contributed by atoms with E-state index in [2.05, 4.69) is 34.7 Å². The number of nitrogens with zero attached hydrogens (tertiary/aromatic N) is 2. The van der Waals surface area contributed by atoms with Crippen molar-refractivity contribution in [3.8, 4) is 0 Å². The topological polar surface area (TPSA) is 17.8 Å². The van der Waals surface area contributed by atoms with Gasteiger partial charge in [0, 0.05) is 6.54 Å². The first-order valence-electron chi connectivity index (χ1n) is 5.80. The zero-order chi connectivity index (χ0) is 11.1. The van der Waals surface area contributed by atoms with Crippen LogP contribution in [0.25, 0.3) is 11.0 Å². The normalized spacial score (nSPS) is 15.9. The molecule has 0 amide bonds. The Hall–Kier alpha value is -1.02. The standard InChI is InChI=1S/C13H15ClN2/c1-9-3-2-4-11-13(9)16(8-10-5-6-10)12(7-14)15-11/h2-4,10H,5-8H2,1H3. The number of para-hydroxylation sites is 1. The van der Waals surface area contributed by atoms with Gasteiger partial charge >= 0.3 is 0 Å². The summed E-state index contributed by atoms with van der Waals surface area (Å²) in [4.78, 5) is 4.60. The van der Waals surface area contributed by atoms with Gasteiger partial charge in [-0.1, -0.05) is 12.1 Å². The number of hydrogen-bond donors (Lipinski definition) is 0. The molecule has 2 aromatic rings. The highest BCUT2D eigenvalue weighted by Crippen LogP contribution is 2.33. The van der Waals surface area contributed by atoms with Crippen molar-refractivity contribution in [1.82, 2.24) is 9.55 Å². The fourth-order valence-electron chi connectivity index (χ4n) is 2.27. The number of halogens is 1. The molecule has 0 N–H and O–H groups in total. The molecular formula is C13H15ClN2. The molecule has 16 heavy (non-hydrogen) atoms. The maximum absolute atomic E-state index is 5.98. The summed E-state index contributed by atoms with van der Waals surface area (Å²) in [6.45, 7) is 3.23. The average molecular weight is 235 g/mol. The summed E-state index contributed by atoms with van der Waals surface area (Å²) in [5.74, 6) is 2.36. The quantitative estimate of drug-likeness (QED) is 0.744. The third-order valence-corrected chi connectivity index (χ3v) is 3.54. The minimum Gasteiger partial charge on any atom is -0.326 e. The van der Waals surface area contributed by atoms with E-state index < -0.39 is 0 Å². The first kappa shape index (κ1) is 10.2. The molecule has 1 fully saturated rings. The Morgan fingerprint density at radius 3 is 2.94 bits per heavy atom. The summed E-state index contributed by atoms with van der Waals surface area (Å²) in [6.07, 6.45) is 2.71. The van der Waals surface area contributed by atoms with E-state index in [0.29, 0.717) is 5.88 Å². The number of rotatable bonds is 3. The first-order valence-corrected chi connectivity index (χ1v) is 6.33. The van der Waals surface area contributed by atoms with Gasteiger partial charge in [-0.25, -0.2) is 4.98 Å². The molecule has 0 saturated heterocycles. The molecule has 0 atom stereocenters. The Balaban J connectivity index is 2.19. The molecule has 1 aliphatic carbocycles. The highest BCUT2D eigenvalue weighted by molar-refractivity contribution is 6.16. The van der Waals surface area contributed by atoms with Crippen molar-refractivity contribution in [2.24, 2.45) is 5.92 Å². The van der Waals surface area contributed by atoms with Crippen LogP contribution in [-0.2, 0) is 12.4 Å². The molecular weight excluding hydrogens is 220 g/mol. The zero-order valence-corrected chi connectivity index (χ0v) is 10.2. The van der Waals surface area contributed by atoms with Crippen molar-refractivity contribution in [2.75, 3.05) is 0 Å². The molecule has 0 unspecified atom stereocenters. The van der Waals surface area contributed by atoms with Gasteiger partial charge in [-0.15, -0.1) is 11.6 Å². The van der Waals surface area contributed by atoms with Crippen LogP contribution < -0.4 is 0 Å². The summed E-state index contributed by atoms with van der Waals surface area (Å²) in [6, 6.07) is 6.28. The average Bonchev–Trinajstić information content (AvgIpc) is 3.00. The minimum absolute atomic E-state index is 0.501. The molecule has 1 aromatic heterocycles. The van der Waals surface area contributed by atoms with Crippen molar-refractivity contribution in [3.05, 3.63) is 29.6 Å². The third-order valence-electron chi connectivity index (χ3n) is 3.30. The van der Waals surface area contributed by atoms with Gasteiger partial charge in [0.2, 0.25) is 0 Å². The second-order valence-electron chi connectivity index (χ2n) is 4.66. The summed E-state index contributed by atoms with van der Waals surface area (Å²) < 4.78 is 2.31. The van der Waals surface area contributed by atoms with Crippen LogP contribution in [0.4, 0.5) is 0 Å². The van der Waals surface area contributed by atoms with Crippen LogP contribution in [-0.4, -0.2) is 9.55 Å². The second kappa shape index (κ2) is 3.77. The fourth-order valence-corrected chi connectivity index (χ4v) is 2.47. The van der Waals surface area contributed by atoms with Gasteiger partial charge in [0.05, 0.1) is 16.9 Å². The lowest BCUT2D eigenvalue weighted by atomic mass is 10.2. The summed E-state index contributed by atoms with van der Waals surface area (Å²) in [7, 11) is 0. The zero-order valence-electron chi connectivity index (χ0n) is 9.41. The Morgan fingerprint density at radius 2 is 2.25 bits per heavy atom. The summed E-state index contributed by atoms with van der Waals surface area (Å²) in [5.41, 5.74) is 3.64. The smallest absolute Gasteiger partial charge is 0.124 e. The van der Waals surface area contributed by atoms with Crippen LogP contribution in [0.3, 0.4) is 0 Å². The van der Waals surface area contributed by atoms with E-state index in [4.69, 9.17) is 11.6 Å². The maximum Gasteiger partial charge on any atom is 0.124 e. The monoisotopic (exact) mass is 234 g/mol. The van der Waals surface area contributed by atoms with Crippen LogP contribution >= 0.6 is 11.6 Å². The number of alkyl halides is 1. The molecule has 0 aliphatic heterocycles. The lowest BCUT2D eigenvalue weighted by molar-refractivity contribution is 0.622. The van der Waals surface area contributed by atoms with Gasteiger partial charge < -0.3 is 4.57 Å². The Kier molecular flexibility index (Phi) is 2.40. The summed E-state index contributed by atoms with van der Waals surface area (Å²) >= 11 is 5.98. The number of fused-ring (bicyclic) bond motifs is 1.